The number of carbonyl (C=O) groups excluding carboxylic acids is 2. The van der Waals surface area contributed by atoms with Gasteiger partial charge >= 0.3 is 0 Å². The van der Waals surface area contributed by atoms with Crippen molar-refractivity contribution >= 4 is 17.5 Å². The molecular weight excluding hydrogens is 400 g/mol. The summed E-state index contributed by atoms with van der Waals surface area (Å²) in [4.78, 5) is 25.9. The summed E-state index contributed by atoms with van der Waals surface area (Å²) in [6, 6.07) is 22.3. The molecule has 0 heterocycles. The van der Waals surface area contributed by atoms with E-state index in [0.717, 1.165) is 11.1 Å². The number of hydrogen-bond acceptors (Lipinski definition) is 3. The van der Waals surface area contributed by atoms with Gasteiger partial charge in [0, 0.05) is 0 Å². The highest BCUT2D eigenvalue weighted by atomic mass is 16.5. The summed E-state index contributed by atoms with van der Waals surface area (Å²) < 4.78 is 5.94. The Morgan fingerprint density at radius 3 is 2.28 bits per heavy atom. The smallest absolute Gasteiger partial charge is 0.265 e. The van der Waals surface area contributed by atoms with Crippen LogP contribution in [0.4, 0.5) is 5.69 Å². The summed E-state index contributed by atoms with van der Waals surface area (Å²) in [6.07, 6.45) is -0.172. The second-order valence-electron chi connectivity index (χ2n) is 7.90. The average Bonchev–Trinajstić information content (AvgIpc) is 2.80. The third kappa shape index (κ3) is 5.76. The number of carbonyl (C=O) groups is 2. The fourth-order valence-electron chi connectivity index (χ4n) is 3.38. The van der Waals surface area contributed by atoms with Crippen LogP contribution in [0.1, 0.15) is 53.4 Å². The highest BCUT2D eigenvalue weighted by molar-refractivity contribution is 6.04. The van der Waals surface area contributed by atoms with E-state index in [1.54, 1.807) is 24.3 Å². The monoisotopic (exact) mass is 430 g/mol. The molecular formula is C27H30N2O3. The summed E-state index contributed by atoms with van der Waals surface area (Å²) >= 11 is 0. The SMILES string of the molecule is CC[C@@H](Oc1ccc(C)c(C)c1)C(=O)Nc1ccccc1C(=O)N[C@H](C)c1ccccc1. The second-order valence-corrected chi connectivity index (χ2v) is 7.90. The number of nitrogens with one attached hydrogen (secondary N) is 2. The van der Waals surface area contributed by atoms with Crippen molar-refractivity contribution in [2.45, 2.75) is 46.3 Å². The highest BCUT2D eigenvalue weighted by Gasteiger charge is 2.22. The largest absolute Gasteiger partial charge is 0.481 e. The summed E-state index contributed by atoms with van der Waals surface area (Å²) in [5.41, 5.74) is 4.14. The zero-order chi connectivity index (χ0) is 23.1. The molecule has 2 N–H and O–H groups in total. The van der Waals surface area contributed by atoms with Gasteiger partial charge in [-0.1, -0.05) is 55.5 Å². The number of anilines is 1. The first kappa shape index (κ1) is 23.1. The summed E-state index contributed by atoms with van der Waals surface area (Å²) in [5, 5.41) is 5.88. The number of amides is 2. The van der Waals surface area contributed by atoms with E-state index in [1.165, 1.54) is 5.56 Å². The van der Waals surface area contributed by atoms with Crippen molar-refractivity contribution in [1.29, 1.82) is 0 Å². The zero-order valence-electron chi connectivity index (χ0n) is 19.0. The number of ether oxygens (including phenoxy) is 1. The molecule has 0 saturated carbocycles. The third-order valence-electron chi connectivity index (χ3n) is 5.50. The van der Waals surface area contributed by atoms with Crippen molar-refractivity contribution in [3.8, 4) is 5.75 Å². The van der Waals surface area contributed by atoms with E-state index in [2.05, 4.69) is 10.6 Å². The molecule has 166 valence electrons. The van der Waals surface area contributed by atoms with Crippen LogP contribution in [0.25, 0.3) is 0 Å². The van der Waals surface area contributed by atoms with E-state index < -0.39 is 6.10 Å². The Morgan fingerprint density at radius 1 is 0.906 bits per heavy atom. The van der Waals surface area contributed by atoms with Gasteiger partial charge in [-0.2, -0.15) is 0 Å². The zero-order valence-corrected chi connectivity index (χ0v) is 19.0. The molecule has 2 atom stereocenters. The van der Waals surface area contributed by atoms with Crippen LogP contribution in [-0.2, 0) is 4.79 Å². The average molecular weight is 431 g/mol. The minimum atomic E-state index is -0.670. The van der Waals surface area contributed by atoms with Gasteiger partial charge in [-0.3, -0.25) is 9.59 Å². The molecule has 5 heteroatoms. The van der Waals surface area contributed by atoms with Gasteiger partial charge in [-0.05, 0) is 68.1 Å². The molecule has 0 aromatic heterocycles. The summed E-state index contributed by atoms with van der Waals surface area (Å²) in [5.74, 6) is 0.111. The molecule has 0 bridgehead atoms. The number of aryl methyl sites for hydroxylation is 2. The first-order valence-electron chi connectivity index (χ1n) is 10.9. The molecule has 3 rings (SSSR count). The van der Waals surface area contributed by atoms with Crippen molar-refractivity contribution in [2.75, 3.05) is 5.32 Å². The molecule has 0 aliphatic heterocycles. The molecule has 0 saturated heterocycles. The fourth-order valence-corrected chi connectivity index (χ4v) is 3.38. The minimum absolute atomic E-state index is 0.163. The summed E-state index contributed by atoms with van der Waals surface area (Å²) in [7, 11) is 0. The van der Waals surface area contributed by atoms with Gasteiger partial charge in [0.2, 0.25) is 0 Å². The fraction of sp³-hybridized carbons (Fsp3) is 0.259. The Balaban J connectivity index is 1.72. The molecule has 0 radical (unpaired) electrons. The molecule has 3 aromatic carbocycles. The van der Waals surface area contributed by atoms with E-state index >= 15 is 0 Å². The first-order chi connectivity index (χ1) is 15.4. The Bertz CT molecular complexity index is 1080. The number of benzene rings is 3. The molecule has 2 amide bonds. The molecule has 0 spiro atoms. The molecule has 0 unspecified atom stereocenters. The van der Waals surface area contributed by atoms with Crippen molar-refractivity contribution in [1.82, 2.24) is 5.32 Å². The van der Waals surface area contributed by atoms with Crippen LogP contribution in [0.2, 0.25) is 0 Å². The third-order valence-corrected chi connectivity index (χ3v) is 5.50. The van der Waals surface area contributed by atoms with E-state index in [1.807, 2.05) is 76.2 Å². The molecule has 0 fully saturated rings. The van der Waals surface area contributed by atoms with Crippen LogP contribution in [0.5, 0.6) is 5.75 Å². The van der Waals surface area contributed by atoms with Gasteiger partial charge < -0.3 is 15.4 Å². The van der Waals surface area contributed by atoms with Gasteiger partial charge in [0.15, 0.2) is 6.10 Å². The van der Waals surface area contributed by atoms with E-state index in [4.69, 9.17) is 4.74 Å². The quantitative estimate of drug-likeness (QED) is 0.489. The van der Waals surface area contributed by atoms with Crippen LogP contribution in [0, 0.1) is 13.8 Å². The van der Waals surface area contributed by atoms with E-state index in [0.29, 0.717) is 23.4 Å². The summed E-state index contributed by atoms with van der Waals surface area (Å²) in [6.45, 7) is 7.86. The van der Waals surface area contributed by atoms with Gasteiger partial charge in [0.25, 0.3) is 11.8 Å². The normalized spacial score (nSPS) is 12.5. The van der Waals surface area contributed by atoms with Gasteiger partial charge in [0.1, 0.15) is 5.75 Å². The standard InChI is InChI=1S/C27H30N2O3/c1-5-25(32-22-16-15-18(2)19(3)17-22)27(31)29-24-14-10-9-13-23(24)26(30)28-20(4)21-11-7-6-8-12-21/h6-17,20,25H,5H2,1-4H3,(H,28,30)(H,29,31)/t20-,25-/m1/s1. The predicted molar refractivity (Wildman–Crippen MR) is 128 cm³/mol. The van der Waals surface area contributed by atoms with E-state index in [-0.39, 0.29) is 17.9 Å². The van der Waals surface area contributed by atoms with Crippen LogP contribution in [-0.4, -0.2) is 17.9 Å². The highest BCUT2D eigenvalue weighted by Crippen LogP contribution is 2.21. The maximum absolute atomic E-state index is 13.0. The van der Waals surface area contributed by atoms with Crippen molar-refractivity contribution in [2.24, 2.45) is 0 Å². The Hall–Kier alpha value is -3.60. The number of hydrogen-bond donors (Lipinski definition) is 2. The minimum Gasteiger partial charge on any atom is -0.481 e. The predicted octanol–water partition coefficient (Wildman–Crippen LogP) is 5.59. The number of para-hydroxylation sites is 1. The number of rotatable bonds is 8. The lowest BCUT2D eigenvalue weighted by Gasteiger charge is -2.20. The van der Waals surface area contributed by atoms with Crippen LogP contribution < -0.4 is 15.4 Å². The maximum atomic E-state index is 13.0. The Morgan fingerprint density at radius 2 is 1.59 bits per heavy atom. The first-order valence-corrected chi connectivity index (χ1v) is 10.9. The Labute approximate surface area is 189 Å². The maximum Gasteiger partial charge on any atom is 0.265 e. The lowest BCUT2D eigenvalue weighted by Crippen LogP contribution is -2.34. The topological polar surface area (TPSA) is 67.4 Å². The van der Waals surface area contributed by atoms with Crippen molar-refractivity contribution < 1.29 is 14.3 Å². The molecule has 5 nitrogen and oxygen atoms in total. The Kier molecular flexibility index (Phi) is 7.66. The van der Waals surface area contributed by atoms with E-state index in [9.17, 15) is 9.59 Å². The lowest BCUT2D eigenvalue weighted by atomic mass is 10.1. The van der Waals surface area contributed by atoms with Gasteiger partial charge in [-0.25, -0.2) is 0 Å². The van der Waals surface area contributed by atoms with Crippen molar-refractivity contribution in [3.63, 3.8) is 0 Å². The second kappa shape index (κ2) is 10.6. The van der Waals surface area contributed by atoms with Crippen molar-refractivity contribution in [3.05, 3.63) is 95.1 Å². The molecule has 0 aliphatic carbocycles. The molecule has 3 aromatic rings. The van der Waals surface area contributed by atoms with Crippen LogP contribution >= 0.6 is 0 Å². The van der Waals surface area contributed by atoms with Gasteiger partial charge in [-0.15, -0.1) is 0 Å². The van der Waals surface area contributed by atoms with Gasteiger partial charge in [0.05, 0.1) is 17.3 Å². The molecule has 0 aliphatic rings. The lowest BCUT2D eigenvalue weighted by molar-refractivity contribution is -0.122. The van der Waals surface area contributed by atoms with Crippen LogP contribution in [0.3, 0.4) is 0 Å². The van der Waals surface area contributed by atoms with Crippen LogP contribution in [0.15, 0.2) is 72.8 Å². The molecule has 32 heavy (non-hydrogen) atoms.